The Labute approximate surface area is 184 Å². The van der Waals surface area contributed by atoms with Crippen LogP contribution in [-0.4, -0.2) is 87.7 Å². The third kappa shape index (κ3) is 10.2. The number of nitrogens with two attached hydrogens (primary N) is 1. The normalized spacial score (nSPS) is 15.5. The van der Waals surface area contributed by atoms with Gasteiger partial charge in [-0.15, -0.1) is 0 Å². The van der Waals surface area contributed by atoms with Gasteiger partial charge in [0, 0.05) is 0 Å². The fourth-order valence-electron chi connectivity index (χ4n) is 2.31. The predicted octanol–water partition coefficient (Wildman–Crippen LogP) is -3.50. The highest BCUT2D eigenvalue weighted by atomic mass is 16.4. The van der Waals surface area contributed by atoms with Gasteiger partial charge < -0.3 is 42.3 Å². The molecule has 0 bridgehead atoms. The van der Waals surface area contributed by atoms with Gasteiger partial charge in [0.25, 0.3) is 0 Å². The summed E-state index contributed by atoms with van der Waals surface area (Å²) in [6.07, 6.45) is -1.97. The van der Waals surface area contributed by atoms with Crippen LogP contribution >= 0.6 is 0 Å². The summed E-state index contributed by atoms with van der Waals surface area (Å²) in [6.45, 7) is 5.01. The third-order valence-corrected chi connectivity index (χ3v) is 4.26. The SMILES string of the molecule is CC(C)[C@H](NC(=O)[C@H](CC(=O)O)NC(=O)CNC(=O)[C@H](C)NC(=O)[C@@H](N)[C@@H](C)O)C(=O)O. The zero-order valence-electron chi connectivity index (χ0n) is 18.2. The average Bonchev–Trinajstić information content (AvgIpc) is 2.67. The lowest BCUT2D eigenvalue weighted by atomic mass is 10.0. The maximum Gasteiger partial charge on any atom is 0.326 e. The van der Waals surface area contributed by atoms with Gasteiger partial charge in [-0.3, -0.25) is 24.0 Å². The molecule has 0 aliphatic carbocycles. The van der Waals surface area contributed by atoms with E-state index >= 15 is 0 Å². The first-order valence-corrected chi connectivity index (χ1v) is 9.73. The van der Waals surface area contributed by atoms with E-state index in [-0.39, 0.29) is 0 Å². The number of hydrogen-bond donors (Lipinski definition) is 8. The van der Waals surface area contributed by atoms with E-state index in [4.69, 9.17) is 15.9 Å². The molecular formula is C18H31N5O9. The molecule has 0 spiro atoms. The molecule has 14 heteroatoms. The number of aliphatic hydroxyl groups excluding tert-OH is 1. The molecule has 0 heterocycles. The summed E-state index contributed by atoms with van der Waals surface area (Å²) in [5.41, 5.74) is 5.44. The van der Waals surface area contributed by atoms with Crippen molar-refractivity contribution in [3.63, 3.8) is 0 Å². The van der Waals surface area contributed by atoms with E-state index in [9.17, 15) is 33.9 Å². The highest BCUT2D eigenvalue weighted by molar-refractivity contribution is 5.95. The van der Waals surface area contributed by atoms with Crippen LogP contribution in [0.15, 0.2) is 0 Å². The van der Waals surface area contributed by atoms with E-state index in [1.807, 2.05) is 0 Å². The van der Waals surface area contributed by atoms with Crippen molar-refractivity contribution < 1.29 is 44.1 Å². The largest absolute Gasteiger partial charge is 0.481 e. The standard InChI is InChI=1S/C18H31N5O9/c1-7(2)14(18(31)32)23-16(29)10(5-12(26)27)22-11(25)6-20-15(28)8(3)21-17(30)13(19)9(4)24/h7-10,13-14,24H,5-6,19H2,1-4H3,(H,20,28)(H,21,30)(H,22,25)(H,23,29)(H,26,27)(H,31,32)/t8-,9+,10-,13-,14-/m0/s1. The van der Waals surface area contributed by atoms with Gasteiger partial charge in [0.2, 0.25) is 23.6 Å². The van der Waals surface area contributed by atoms with Gasteiger partial charge in [-0.2, -0.15) is 0 Å². The molecule has 0 saturated heterocycles. The second kappa shape index (κ2) is 13.2. The van der Waals surface area contributed by atoms with Crippen LogP contribution < -0.4 is 27.0 Å². The lowest BCUT2D eigenvalue weighted by molar-refractivity contribution is -0.144. The Kier molecular flexibility index (Phi) is 11.9. The van der Waals surface area contributed by atoms with Crippen LogP contribution in [0.2, 0.25) is 0 Å². The number of carbonyl (C=O) groups excluding carboxylic acids is 4. The predicted molar refractivity (Wildman–Crippen MR) is 109 cm³/mol. The number of amides is 4. The maximum absolute atomic E-state index is 12.3. The average molecular weight is 461 g/mol. The molecule has 0 radical (unpaired) electrons. The van der Waals surface area contributed by atoms with E-state index in [0.717, 1.165) is 0 Å². The molecule has 4 amide bonds. The summed E-state index contributed by atoms with van der Waals surface area (Å²) in [4.78, 5) is 70.4. The minimum Gasteiger partial charge on any atom is -0.481 e. The molecule has 0 rings (SSSR count). The molecule has 14 nitrogen and oxygen atoms in total. The number of aliphatic carboxylic acids is 2. The Balaban J connectivity index is 4.91. The van der Waals surface area contributed by atoms with E-state index < -0.39 is 84.7 Å². The molecule has 0 aliphatic rings. The number of rotatable bonds is 13. The Morgan fingerprint density at radius 2 is 1.41 bits per heavy atom. The Hall–Kier alpha value is -3.26. The zero-order chi connectivity index (χ0) is 25.2. The molecule has 182 valence electrons. The smallest absolute Gasteiger partial charge is 0.326 e. The van der Waals surface area contributed by atoms with Crippen molar-refractivity contribution in [2.75, 3.05) is 6.54 Å². The van der Waals surface area contributed by atoms with Crippen molar-refractivity contribution in [2.24, 2.45) is 11.7 Å². The van der Waals surface area contributed by atoms with Gasteiger partial charge in [-0.05, 0) is 19.8 Å². The highest BCUT2D eigenvalue weighted by Gasteiger charge is 2.30. The molecule has 9 N–H and O–H groups in total. The molecular weight excluding hydrogens is 430 g/mol. The minimum atomic E-state index is -1.58. The van der Waals surface area contributed by atoms with Crippen LogP contribution in [-0.2, 0) is 28.8 Å². The van der Waals surface area contributed by atoms with Crippen molar-refractivity contribution in [2.45, 2.75) is 64.4 Å². The van der Waals surface area contributed by atoms with Gasteiger partial charge in [-0.1, -0.05) is 13.8 Å². The number of carboxylic acid groups (broad SMARTS) is 2. The zero-order valence-corrected chi connectivity index (χ0v) is 18.2. The summed E-state index contributed by atoms with van der Waals surface area (Å²) in [7, 11) is 0. The number of hydrogen-bond acceptors (Lipinski definition) is 8. The van der Waals surface area contributed by atoms with Crippen LogP contribution in [0.3, 0.4) is 0 Å². The quantitative estimate of drug-likeness (QED) is 0.135. The summed E-state index contributed by atoms with van der Waals surface area (Å²) < 4.78 is 0. The van der Waals surface area contributed by atoms with E-state index in [2.05, 4.69) is 21.3 Å². The summed E-state index contributed by atoms with van der Waals surface area (Å²) in [5.74, 6) is -6.75. The Morgan fingerprint density at radius 1 is 0.844 bits per heavy atom. The number of carboxylic acids is 2. The first kappa shape index (κ1) is 28.7. The lowest BCUT2D eigenvalue weighted by Crippen LogP contribution is -2.56. The molecule has 32 heavy (non-hydrogen) atoms. The van der Waals surface area contributed by atoms with E-state index in [1.54, 1.807) is 0 Å². The van der Waals surface area contributed by atoms with Crippen LogP contribution in [0.1, 0.15) is 34.1 Å². The number of aliphatic hydroxyl groups is 1. The molecule has 0 aromatic rings. The van der Waals surface area contributed by atoms with E-state index in [0.29, 0.717) is 0 Å². The molecule has 0 aromatic carbocycles. The van der Waals surface area contributed by atoms with E-state index in [1.165, 1.54) is 27.7 Å². The number of nitrogens with one attached hydrogen (secondary N) is 4. The Morgan fingerprint density at radius 3 is 1.84 bits per heavy atom. The van der Waals surface area contributed by atoms with Crippen molar-refractivity contribution in [3.05, 3.63) is 0 Å². The first-order valence-electron chi connectivity index (χ1n) is 9.73. The fourth-order valence-corrected chi connectivity index (χ4v) is 2.31. The molecule has 0 saturated carbocycles. The molecule has 0 aliphatic heterocycles. The number of carbonyl (C=O) groups is 6. The maximum atomic E-state index is 12.3. The second-order valence-electron chi connectivity index (χ2n) is 7.50. The van der Waals surface area contributed by atoms with Crippen molar-refractivity contribution >= 4 is 35.6 Å². The van der Waals surface area contributed by atoms with Gasteiger partial charge in [-0.25, -0.2) is 4.79 Å². The summed E-state index contributed by atoms with van der Waals surface area (Å²) in [5, 5.41) is 36.1. The van der Waals surface area contributed by atoms with Crippen LogP contribution in [0.5, 0.6) is 0 Å². The molecule has 0 fully saturated rings. The lowest BCUT2D eigenvalue weighted by Gasteiger charge is -2.22. The van der Waals surface area contributed by atoms with Crippen LogP contribution in [0.25, 0.3) is 0 Å². The van der Waals surface area contributed by atoms with Crippen molar-refractivity contribution in [1.29, 1.82) is 0 Å². The Bertz CT molecular complexity index is 726. The summed E-state index contributed by atoms with van der Waals surface area (Å²) >= 11 is 0. The van der Waals surface area contributed by atoms with Gasteiger partial charge >= 0.3 is 11.9 Å². The summed E-state index contributed by atoms with van der Waals surface area (Å²) in [6, 6.07) is -5.25. The molecule has 0 aromatic heterocycles. The van der Waals surface area contributed by atoms with Crippen LogP contribution in [0, 0.1) is 5.92 Å². The van der Waals surface area contributed by atoms with Gasteiger partial charge in [0.1, 0.15) is 24.2 Å². The highest BCUT2D eigenvalue weighted by Crippen LogP contribution is 2.03. The first-order chi connectivity index (χ1) is 14.7. The fraction of sp³-hybridized carbons (Fsp3) is 0.667. The topological polar surface area (TPSA) is 237 Å². The van der Waals surface area contributed by atoms with Gasteiger partial charge in [0.05, 0.1) is 19.1 Å². The third-order valence-electron chi connectivity index (χ3n) is 4.26. The van der Waals surface area contributed by atoms with Gasteiger partial charge in [0.15, 0.2) is 0 Å². The molecule has 0 unspecified atom stereocenters. The molecule has 5 atom stereocenters. The monoisotopic (exact) mass is 461 g/mol. The van der Waals surface area contributed by atoms with Crippen LogP contribution in [0.4, 0.5) is 0 Å². The second-order valence-corrected chi connectivity index (χ2v) is 7.50. The van der Waals surface area contributed by atoms with Crippen molar-refractivity contribution in [3.8, 4) is 0 Å². The van der Waals surface area contributed by atoms with Crippen molar-refractivity contribution in [1.82, 2.24) is 21.3 Å². The minimum absolute atomic E-state index is 0.504.